The zero-order valence-corrected chi connectivity index (χ0v) is 10.0. The third kappa shape index (κ3) is 2.61. The second-order valence-electron chi connectivity index (χ2n) is 3.41. The van der Waals surface area contributed by atoms with Gasteiger partial charge in [0.15, 0.2) is 4.98 Å². The Balaban J connectivity index is 2.29. The molecule has 2 rings (SSSR count). The van der Waals surface area contributed by atoms with Crippen LogP contribution in [0, 0.1) is 5.39 Å². The van der Waals surface area contributed by atoms with Crippen molar-refractivity contribution in [2.75, 3.05) is 4.72 Å². The van der Waals surface area contributed by atoms with Gasteiger partial charge >= 0.3 is 5.69 Å². The minimum absolute atomic E-state index is 0.0700. The van der Waals surface area contributed by atoms with Crippen LogP contribution in [0.2, 0.25) is 0 Å². The molecule has 0 saturated heterocycles. The van der Waals surface area contributed by atoms with Crippen LogP contribution in [-0.2, 0) is 10.0 Å². The number of hydrogen-bond donors (Lipinski definition) is 1. The Morgan fingerprint density at radius 3 is 2.39 bits per heavy atom. The molecule has 1 aromatic carbocycles. The Morgan fingerprint density at radius 2 is 1.83 bits per heavy atom. The number of sulfonamides is 1. The highest BCUT2D eigenvalue weighted by Crippen LogP contribution is 2.18. The van der Waals surface area contributed by atoms with E-state index < -0.39 is 10.0 Å². The maximum absolute atomic E-state index is 12.0. The van der Waals surface area contributed by atoms with E-state index in [1.165, 1.54) is 30.5 Å². The number of benzene rings is 1. The van der Waals surface area contributed by atoms with Gasteiger partial charge in [-0.3, -0.25) is 4.72 Å². The summed E-state index contributed by atoms with van der Waals surface area (Å²) >= 11 is 0. The standard InChI is InChI=1S/C11H9N4O2S/c12-14-9-4-6-10(7-5-9)18(16,17)15-11-3-1-2-8-13-11/h1-8H,(H,13,15)/q+1. The predicted molar refractivity (Wildman–Crippen MR) is 66.2 cm³/mol. The lowest BCUT2D eigenvalue weighted by Crippen LogP contribution is -2.13. The SMILES string of the molecule is N#[N+]c1ccc(S(=O)(=O)Nc2ccccn2)cc1. The maximum Gasteiger partial charge on any atom is 0.385 e. The third-order valence-corrected chi connectivity index (χ3v) is 3.54. The van der Waals surface area contributed by atoms with Crippen LogP contribution >= 0.6 is 0 Å². The van der Waals surface area contributed by atoms with Crippen LogP contribution in [0.15, 0.2) is 53.6 Å². The molecule has 0 aliphatic rings. The van der Waals surface area contributed by atoms with Gasteiger partial charge in [0.25, 0.3) is 10.0 Å². The fraction of sp³-hybridized carbons (Fsp3) is 0. The van der Waals surface area contributed by atoms with Crippen molar-refractivity contribution in [3.05, 3.63) is 53.6 Å². The number of anilines is 1. The molecule has 0 spiro atoms. The van der Waals surface area contributed by atoms with E-state index in [9.17, 15) is 8.42 Å². The lowest BCUT2D eigenvalue weighted by atomic mass is 10.3. The van der Waals surface area contributed by atoms with Gasteiger partial charge in [0, 0.05) is 18.3 Å². The van der Waals surface area contributed by atoms with Gasteiger partial charge in [-0.1, -0.05) is 6.07 Å². The molecule has 0 aliphatic heterocycles. The molecule has 0 bridgehead atoms. The molecule has 2 aromatic rings. The molecular formula is C11H9N4O2S+. The van der Waals surface area contributed by atoms with E-state index in [-0.39, 0.29) is 16.4 Å². The molecule has 0 radical (unpaired) electrons. The summed E-state index contributed by atoms with van der Waals surface area (Å²) in [5.74, 6) is 0.244. The summed E-state index contributed by atoms with van der Waals surface area (Å²) in [5.41, 5.74) is 0.284. The van der Waals surface area contributed by atoms with Crippen LogP contribution in [0.25, 0.3) is 4.98 Å². The van der Waals surface area contributed by atoms with E-state index in [0.29, 0.717) is 0 Å². The monoisotopic (exact) mass is 261 g/mol. The summed E-state index contributed by atoms with van der Waals surface area (Å²) in [6, 6.07) is 10.4. The average Bonchev–Trinajstić information content (AvgIpc) is 2.39. The van der Waals surface area contributed by atoms with Gasteiger partial charge in [-0.15, -0.1) is 0 Å². The number of hydrogen-bond acceptors (Lipinski definition) is 4. The van der Waals surface area contributed by atoms with Crippen LogP contribution in [-0.4, -0.2) is 13.4 Å². The lowest BCUT2D eigenvalue weighted by Gasteiger charge is -2.05. The first-order valence-electron chi connectivity index (χ1n) is 5.01. The van der Waals surface area contributed by atoms with Crippen LogP contribution in [0.5, 0.6) is 0 Å². The highest BCUT2D eigenvalue weighted by atomic mass is 32.2. The number of rotatable bonds is 3. The number of nitrogens with one attached hydrogen (secondary N) is 1. The van der Waals surface area contributed by atoms with Crippen LogP contribution in [0.3, 0.4) is 0 Å². The third-order valence-electron chi connectivity index (χ3n) is 2.17. The Morgan fingerprint density at radius 1 is 1.11 bits per heavy atom. The molecule has 0 saturated carbocycles. The first kappa shape index (κ1) is 12.0. The zero-order chi connectivity index (χ0) is 13.0. The van der Waals surface area contributed by atoms with Crippen molar-refractivity contribution in [1.82, 2.24) is 4.98 Å². The van der Waals surface area contributed by atoms with Gasteiger partial charge in [0.2, 0.25) is 5.39 Å². The van der Waals surface area contributed by atoms with Crippen molar-refractivity contribution in [2.45, 2.75) is 4.90 Å². The van der Waals surface area contributed by atoms with Crippen LogP contribution in [0.4, 0.5) is 11.5 Å². The van der Waals surface area contributed by atoms with Crippen molar-refractivity contribution in [1.29, 1.82) is 5.39 Å². The lowest BCUT2D eigenvalue weighted by molar-refractivity contribution is 0.601. The highest BCUT2D eigenvalue weighted by Gasteiger charge is 2.16. The number of pyridine rings is 1. The summed E-state index contributed by atoms with van der Waals surface area (Å²) in [5, 5.41) is 8.52. The smallest absolute Gasteiger partial charge is 0.263 e. The molecule has 0 fully saturated rings. The summed E-state index contributed by atoms with van der Waals surface area (Å²) in [6.07, 6.45) is 1.49. The van der Waals surface area contributed by atoms with Crippen LogP contribution in [0.1, 0.15) is 0 Å². The molecule has 0 atom stereocenters. The molecule has 90 valence electrons. The second-order valence-corrected chi connectivity index (χ2v) is 5.10. The molecule has 6 nitrogen and oxygen atoms in total. The van der Waals surface area contributed by atoms with Gasteiger partial charge < -0.3 is 0 Å². The average molecular weight is 261 g/mol. The zero-order valence-electron chi connectivity index (χ0n) is 9.19. The topological polar surface area (TPSA) is 87.2 Å². The van der Waals surface area contributed by atoms with Crippen molar-refractivity contribution in [3.8, 4) is 0 Å². The van der Waals surface area contributed by atoms with Gasteiger partial charge in [0.1, 0.15) is 5.82 Å². The molecule has 1 heterocycles. The van der Waals surface area contributed by atoms with Crippen LogP contribution < -0.4 is 4.72 Å². The number of aromatic nitrogens is 1. The summed E-state index contributed by atoms with van der Waals surface area (Å²) in [6.45, 7) is 0. The van der Waals surface area contributed by atoms with Crippen molar-refractivity contribution < 1.29 is 8.42 Å². The predicted octanol–water partition coefficient (Wildman–Crippen LogP) is 2.37. The largest absolute Gasteiger partial charge is 0.385 e. The van der Waals surface area contributed by atoms with E-state index >= 15 is 0 Å². The normalized spacial score (nSPS) is 10.6. The van der Waals surface area contributed by atoms with E-state index in [2.05, 4.69) is 14.7 Å². The molecule has 0 aliphatic carbocycles. The summed E-state index contributed by atoms with van der Waals surface area (Å²) in [4.78, 5) is 6.89. The minimum atomic E-state index is -3.67. The molecule has 1 N–H and O–H groups in total. The minimum Gasteiger partial charge on any atom is -0.263 e. The summed E-state index contributed by atoms with van der Waals surface area (Å²) < 4.78 is 26.3. The van der Waals surface area contributed by atoms with Gasteiger partial charge in [-0.2, -0.15) is 0 Å². The fourth-order valence-electron chi connectivity index (χ4n) is 1.31. The van der Waals surface area contributed by atoms with Gasteiger partial charge in [-0.25, -0.2) is 13.4 Å². The molecule has 1 aromatic heterocycles. The van der Waals surface area contributed by atoms with Crippen molar-refractivity contribution in [2.24, 2.45) is 0 Å². The Hall–Kier alpha value is -2.46. The molecular weight excluding hydrogens is 252 g/mol. The Labute approximate surface area is 104 Å². The van der Waals surface area contributed by atoms with E-state index in [1.54, 1.807) is 18.2 Å². The summed E-state index contributed by atoms with van der Waals surface area (Å²) in [7, 11) is -3.67. The Bertz CT molecular complexity index is 675. The highest BCUT2D eigenvalue weighted by molar-refractivity contribution is 7.92. The molecule has 7 heteroatoms. The van der Waals surface area contributed by atoms with Crippen molar-refractivity contribution in [3.63, 3.8) is 0 Å². The van der Waals surface area contributed by atoms with E-state index in [4.69, 9.17) is 5.39 Å². The molecule has 0 amide bonds. The first-order valence-corrected chi connectivity index (χ1v) is 6.49. The Kier molecular flexibility index (Phi) is 3.21. The van der Waals surface area contributed by atoms with Gasteiger partial charge in [0.05, 0.1) is 4.90 Å². The van der Waals surface area contributed by atoms with Crippen molar-refractivity contribution >= 4 is 21.5 Å². The number of diazo groups is 1. The fourth-order valence-corrected chi connectivity index (χ4v) is 2.32. The number of nitrogens with zero attached hydrogens (tertiary/aromatic N) is 3. The quantitative estimate of drug-likeness (QED) is 0.859. The first-order chi connectivity index (χ1) is 8.62. The maximum atomic E-state index is 12.0. The molecule has 0 unspecified atom stereocenters. The van der Waals surface area contributed by atoms with Gasteiger partial charge in [-0.05, 0) is 24.3 Å². The van der Waals surface area contributed by atoms with E-state index in [1.807, 2.05) is 0 Å². The molecule has 18 heavy (non-hydrogen) atoms. The van der Waals surface area contributed by atoms with E-state index in [0.717, 1.165) is 0 Å². The second kappa shape index (κ2) is 4.81.